The predicted octanol–water partition coefficient (Wildman–Crippen LogP) is 3.10. The molecule has 8 saturated carbocycles. The van der Waals surface area contributed by atoms with Crippen LogP contribution < -0.4 is 0 Å². The van der Waals surface area contributed by atoms with Crippen LogP contribution in [0.4, 0.5) is 0 Å². The van der Waals surface area contributed by atoms with Crippen molar-refractivity contribution in [1.82, 2.24) is 0 Å². The van der Waals surface area contributed by atoms with Crippen LogP contribution in [0.3, 0.4) is 0 Å². The van der Waals surface area contributed by atoms with Crippen LogP contribution in [-0.4, -0.2) is 219 Å². The van der Waals surface area contributed by atoms with Crippen LogP contribution in [-0.2, 0) is 47.6 Å². The number of carbonyl (C=O) groups excluding carboxylic acids is 3. The van der Waals surface area contributed by atoms with Crippen molar-refractivity contribution in [1.29, 1.82) is 0 Å². The van der Waals surface area contributed by atoms with E-state index >= 15 is 14.4 Å². The SMILES string of the molecule is COCC1OC(OC(=O)C23CCC(C)C(C)(O)C2C2=CCC4C5(C)CC(O)C(O)C(C)(C(=O)OC6C(O)CC7(C)C(CCC8(C)C7CC=C7C9C(C(=O)OC%10OC(CO)C(O)C(O)C%10O)(CCC(C)C9(C)O)CCC78C)C6(CO)C(=O)O)C5CCC4(C)C2(C)CC3)C(O)C(O)C1O. The number of ether oxygens (including phenoxy) is 6. The number of fused-ring (bicyclic) bond motifs is 14. The molecule has 2 aliphatic heterocycles. The van der Waals surface area contributed by atoms with Gasteiger partial charge in [-0.2, -0.15) is 0 Å². The van der Waals surface area contributed by atoms with Crippen LogP contribution in [0, 0.1) is 101 Å². The number of methoxy groups -OCH3 is 1. The number of aliphatic hydroxyl groups is 13. The number of esters is 3. The molecule has 14 N–H and O–H groups in total. The van der Waals surface area contributed by atoms with Crippen LogP contribution in [0.15, 0.2) is 23.3 Å². The molecule has 34 unspecified atom stereocenters. The molecule has 10 aliphatic carbocycles. The van der Waals surface area contributed by atoms with Crippen molar-refractivity contribution in [3.05, 3.63) is 23.3 Å². The minimum absolute atomic E-state index is 0.0570. The van der Waals surface area contributed by atoms with Crippen molar-refractivity contribution in [3.8, 4) is 0 Å². The normalized spacial score (nSPS) is 56.1. The summed E-state index contributed by atoms with van der Waals surface area (Å²) in [5.74, 6) is -8.43. The largest absolute Gasteiger partial charge is 0.481 e. The van der Waals surface area contributed by atoms with E-state index < -0.39 is 212 Å². The van der Waals surface area contributed by atoms with E-state index in [1.54, 1.807) is 20.8 Å². The van der Waals surface area contributed by atoms with E-state index in [9.17, 15) is 76.3 Å². The number of aliphatic hydroxyl groups excluding tert-OH is 11. The van der Waals surface area contributed by atoms with E-state index in [1.807, 2.05) is 27.7 Å². The number of allylic oxidation sites excluding steroid dienone is 2. The minimum Gasteiger partial charge on any atom is -0.481 e. The zero-order valence-electron chi connectivity index (χ0n) is 58.6. The van der Waals surface area contributed by atoms with Gasteiger partial charge in [0.05, 0.1) is 65.6 Å². The molecule has 0 aromatic rings. The Balaban J connectivity index is 0.833. The topological polar surface area (TPSA) is 407 Å². The van der Waals surface area contributed by atoms with Crippen LogP contribution in [0.2, 0.25) is 0 Å². The molecule has 97 heavy (non-hydrogen) atoms. The van der Waals surface area contributed by atoms with Gasteiger partial charge in [-0.3, -0.25) is 19.2 Å². The van der Waals surface area contributed by atoms with E-state index in [0.29, 0.717) is 70.6 Å². The zero-order chi connectivity index (χ0) is 71.3. The molecule has 0 amide bonds. The maximum Gasteiger partial charge on any atom is 0.316 e. The van der Waals surface area contributed by atoms with Gasteiger partial charge in [0.1, 0.15) is 60.4 Å². The highest BCUT2D eigenvalue weighted by molar-refractivity contribution is 5.82. The standard InChI is InChI=1S/C73H112O24/c1-34-17-23-71(60(88)96-56-50(82)48(80)46(78)40(31-74)93-56)28-26-65(6)37(53(71)70(34,11)91)14-16-43-63(4)30-39(77)55(73(33-75,58(85)86)45(63)20-22-67(43,65)8)95-59(87)68(9)44-19-21-66(7)42(62(44,3)29-38(76)54(68)84)15-13-36-52-69(10,90)35(2)18-24-72(52,27-25-64(36,66)5)61(89)97-57-51(83)49(81)47(79)41(94-57)32-92-12/h13-14,34-35,38-57,74-84,90-91H,15-33H2,1-12H3,(H,85,86). The second-order valence-electron chi connectivity index (χ2n) is 35.2. The average molecular weight is 1370 g/mol. The molecule has 0 radical (unpaired) electrons. The first kappa shape index (κ1) is 73.5. The molecule has 548 valence electrons. The van der Waals surface area contributed by atoms with Crippen molar-refractivity contribution >= 4 is 23.9 Å². The molecule has 34 atom stereocenters. The summed E-state index contributed by atoms with van der Waals surface area (Å²) in [6, 6.07) is 0. The van der Waals surface area contributed by atoms with E-state index in [1.165, 1.54) is 7.11 Å². The Kier molecular flexibility index (Phi) is 18.3. The Morgan fingerprint density at radius 1 is 0.515 bits per heavy atom. The van der Waals surface area contributed by atoms with Gasteiger partial charge < -0.3 is 99.9 Å². The number of hydrogen-bond acceptors (Lipinski definition) is 23. The number of hydrogen-bond donors (Lipinski definition) is 14. The summed E-state index contributed by atoms with van der Waals surface area (Å²) in [4.78, 5) is 60.5. The van der Waals surface area contributed by atoms with Crippen LogP contribution in [0.25, 0.3) is 0 Å². The molecule has 12 rings (SSSR count). The van der Waals surface area contributed by atoms with E-state index in [4.69, 9.17) is 28.4 Å². The quantitative estimate of drug-likeness (QED) is 0.0803. The lowest BCUT2D eigenvalue weighted by atomic mass is 9.32. The fraction of sp³-hybridized carbons (Fsp3) is 0.890. The van der Waals surface area contributed by atoms with Gasteiger partial charge in [0.2, 0.25) is 12.6 Å². The van der Waals surface area contributed by atoms with Gasteiger partial charge in [0, 0.05) is 18.9 Å². The van der Waals surface area contributed by atoms with Crippen molar-refractivity contribution in [3.63, 3.8) is 0 Å². The monoisotopic (exact) mass is 1370 g/mol. The Hall–Kier alpha value is -3.28. The van der Waals surface area contributed by atoms with Gasteiger partial charge in [-0.25, -0.2) is 0 Å². The highest BCUT2D eigenvalue weighted by Crippen LogP contribution is 2.79. The molecule has 0 aromatic carbocycles. The molecule has 0 aromatic heterocycles. The first-order chi connectivity index (χ1) is 45.1. The summed E-state index contributed by atoms with van der Waals surface area (Å²) < 4.78 is 35.4. The van der Waals surface area contributed by atoms with Gasteiger partial charge in [0.15, 0.2) is 0 Å². The predicted molar refractivity (Wildman–Crippen MR) is 342 cm³/mol. The lowest BCUT2D eigenvalue weighted by Crippen LogP contribution is -2.73. The number of rotatable bonds is 11. The van der Waals surface area contributed by atoms with Crippen molar-refractivity contribution in [2.75, 3.05) is 26.9 Å². The molecule has 0 bridgehead atoms. The Morgan fingerprint density at radius 3 is 1.39 bits per heavy atom. The summed E-state index contributed by atoms with van der Waals surface area (Å²) in [5, 5.41) is 162. The number of aliphatic carboxylic acids is 1. The third kappa shape index (κ3) is 9.68. The van der Waals surface area contributed by atoms with Gasteiger partial charge in [0.25, 0.3) is 0 Å². The Bertz CT molecular complexity index is 3150. The maximum atomic E-state index is 15.9. The van der Waals surface area contributed by atoms with Crippen LogP contribution in [0.1, 0.15) is 179 Å². The second-order valence-corrected chi connectivity index (χ2v) is 35.2. The number of carbonyl (C=O) groups is 4. The van der Waals surface area contributed by atoms with Crippen molar-refractivity contribution in [2.45, 2.75) is 276 Å². The van der Waals surface area contributed by atoms with Gasteiger partial charge in [-0.1, -0.05) is 78.7 Å². The van der Waals surface area contributed by atoms with Crippen molar-refractivity contribution < 1.29 is 119 Å². The molecule has 12 aliphatic rings. The summed E-state index contributed by atoms with van der Waals surface area (Å²) in [6.07, 6.45) is -13.8. The smallest absolute Gasteiger partial charge is 0.316 e. The highest BCUT2D eigenvalue weighted by atomic mass is 16.7. The van der Waals surface area contributed by atoms with Gasteiger partial charge in [-0.05, 0) is 192 Å². The highest BCUT2D eigenvalue weighted by Gasteiger charge is 2.78. The number of carboxylic acids is 1. The Morgan fingerprint density at radius 2 is 0.948 bits per heavy atom. The fourth-order valence-corrected chi connectivity index (χ4v) is 25.2. The van der Waals surface area contributed by atoms with Crippen LogP contribution >= 0.6 is 0 Å². The molecular formula is C73H112O24. The summed E-state index contributed by atoms with van der Waals surface area (Å²) in [7, 11) is 1.38. The van der Waals surface area contributed by atoms with E-state index in [-0.39, 0.29) is 62.4 Å². The third-order valence-electron chi connectivity index (χ3n) is 31.6. The van der Waals surface area contributed by atoms with Gasteiger partial charge >= 0.3 is 23.9 Å². The van der Waals surface area contributed by atoms with Crippen LogP contribution in [0.5, 0.6) is 0 Å². The first-order valence-electron chi connectivity index (χ1n) is 36.0. The average Bonchev–Trinajstić information content (AvgIpc) is 0.673. The first-order valence-corrected chi connectivity index (χ1v) is 36.0. The molecule has 24 heteroatoms. The lowest BCUT2D eigenvalue weighted by molar-refractivity contribution is -0.300. The summed E-state index contributed by atoms with van der Waals surface area (Å²) in [6.45, 7) is 19.6. The molecular weight excluding hydrogens is 1260 g/mol. The van der Waals surface area contributed by atoms with E-state index in [2.05, 4.69) is 39.8 Å². The molecule has 2 heterocycles. The van der Waals surface area contributed by atoms with Crippen molar-refractivity contribution in [2.24, 2.45) is 101 Å². The maximum absolute atomic E-state index is 15.9. The molecule has 24 nitrogen and oxygen atoms in total. The summed E-state index contributed by atoms with van der Waals surface area (Å²) in [5.41, 5.74) is -12.9. The minimum atomic E-state index is -2.28. The third-order valence-corrected chi connectivity index (χ3v) is 31.6. The number of carboxylic acid groups (broad SMARTS) is 1. The molecule has 10 fully saturated rings. The fourth-order valence-electron chi connectivity index (χ4n) is 25.2. The lowest BCUT2D eigenvalue weighted by Gasteiger charge is -2.72. The van der Waals surface area contributed by atoms with E-state index in [0.717, 1.165) is 11.1 Å². The zero-order valence-corrected chi connectivity index (χ0v) is 58.6. The molecule has 0 spiro atoms. The summed E-state index contributed by atoms with van der Waals surface area (Å²) >= 11 is 0. The second kappa shape index (κ2) is 24.1. The molecule has 2 saturated heterocycles. The van der Waals surface area contributed by atoms with Gasteiger partial charge in [-0.15, -0.1) is 0 Å². The Labute approximate surface area is 568 Å².